The van der Waals surface area contributed by atoms with E-state index < -0.39 is 0 Å². The SMILES string of the molecule is COc1cccc2c(-c3cncc(-c4cccc(Cl)c4)c3)c(C(C)C3CCCNC3)[nH]c12. The molecule has 4 nitrogen and oxygen atoms in total. The number of benzene rings is 2. The largest absolute Gasteiger partial charge is 0.495 e. The molecule has 3 heterocycles. The molecule has 1 fully saturated rings. The molecule has 164 valence electrons. The molecule has 32 heavy (non-hydrogen) atoms. The number of piperidine rings is 1. The molecular formula is C27H28ClN3O. The summed E-state index contributed by atoms with van der Waals surface area (Å²) < 4.78 is 5.69. The van der Waals surface area contributed by atoms with Crippen molar-refractivity contribution in [2.75, 3.05) is 20.2 Å². The average Bonchev–Trinajstić information content (AvgIpc) is 3.24. The minimum Gasteiger partial charge on any atom is -0.495 e. The van der Waals surface area contributed by atoms with Gasteiger partial charge in [0.05, 0.1) is 12.6 Å². The van der Waals surface area contributed by atoms with E-state index >= 15 is 0 Å². The van der Waals surface area contributed by atoms with Gasteiger partial charge in [-0.2, -0.15) is 0 Å². The lowest BCUT2D eigenvalue weighted by atomic mass is 9.83. The van der Waals surface area contributed by atoms with Gasteiger partial charge in [0.25, 0.3) is 0 Å². The zero-order chi connectivity index (χ0) is 22.1. The molecule has 0 amide bonds. The monoisotopic (exact) mass is 445 g/mol. The number of aromatic amines is 1. The Hall–Kier alpha value is -2.82. The molecule has 5 rings (SSSR count). The van der Waals surface area contributed by atoms with Crippen LogP contribution in [0.3, 0.4) is 0 Å². The van der Waals surface area contributed by atoms with E-state index in [1.54, 1.807) is 7.11 Å². The van der Waals surface area contributed by atoms with Gasteiger partial charge in [0, 0.05) is 51.1 Å². The van der Waals surface area contributed by atoms with Crippen LogP contribution in [-0.2, 0) is 0 Å². The van der Waals surface area contributed by atoms with Crippen LogP contribution in [0.4, 0.5) is 0 Å². The van der Waals surface area contributed by atoms with Crippen molar-refractivity contribution in [1.82, 2.24) is 15.3 Å². The Kier molecular flexibility index (Phi) is 5.90. The first kappa shape index (κ1) is 21.0. The zero-order valence-electron chi connectivity index (χ0n) is 18.5. The van der Waals surface area contributed by atoms with Crippen molar-refractivity contribution < 1.29 is 4.74 Å². The lowest BCUT2D eigenvalue weighted by Crippen LogP contribution is -2.32. The Labute approximate surface area is 194 Å². The maximum Gasteiger partial charge on any atom is 0.142 e. The van der Waals surface area contributed by atoms with Crippen LogP contribution in [0.5, 0.6) is 5.75 Å². The Morgan fingerprint density at radius 2 is 1.91 bits per heavy atom. The normalized spacial score (nSPS) is 17.4. The smallest absolute Gasteiger partial charge is 0.142 e. The third kappa shape index (κ3) is 3.89. The molecule has 0 aliphatic carbocycles. The Morgan fingerprint density at radius 1 is 1.06 bits per heavy atom. The number of aromatic nitrogens is 2. The third-order valence-corrected chi connectivity index (χ3v) is 6.96. The molecule has 2 atom stereocenters. The average molecular weight is 446 g/mol. The summed E-state index contributed by atoms with van der Waals surface area (Å²) in [6, 6.07) is 16.4. The van der Waals surface area contributed by atoms with Crippen molar-refractivity contribution in [1.29, 1.82) is 0 Å². The molecule has 1 aliphatic rings. The van der Waals surface area contributed by atoms with Crippen LogP contribution in [0.15, 0.2) is 60.9 Å². The van der Waals surface area contributed by atoms with Crippen LogP contribution in [-0.4, -0.2) is 30.2 Å². The summed E-state index contributed by atoms with van der Waals surface area (Å²) in [5.74, 6) is 1.83. The minimum atomic E-state index is 0.379. The molecule has 2 aromatic carbocycles. The van der Waals surface area contributed by atoms with Gasteiger partial charge in [-0.05, 0) is 61.7 Å². The van der Waals surface area contributed by atoms with Gasteiger partial charge in [0.1, 0.15) is 5.75 Å². The van der Waals surface area contributed by atoms with E-state index in [9.17, 15) is 0 Å². The number of fused-ring (bicyclic) bond motifs is 1. The highest BCUT2D eigenvalue weighted by molar-refractivity contribution is 6.30. The van der Waals surface area contributed by atoms with Gasteiger partial charge in [-0.15, -0.1) is 0 Å². The summed E-state index contributed by atoms with van der Waals surface area (Å²) >= 11 is 6.25. The van der Waals surface area contributed by atoms with Crippen LogP contribution < -0.4 is 10.1 Å². The topological polar surface area (TPSA) is 49.9 Å². The second-order valence-corrected chi connectivity index (χ2v) is 9.10. The lowest BCUT2D eigenvalue weighted by molar-refractivity contribution is 0.332. The number of halogens is 1. The summed E-state index contributed by atoms with van der Waals surface area (Å²) in [4.78, 5) is 8.35. The molecule has 0 radical (unpaired) electrons. The van der Waals surface area contributed by atoms with Gasteiger partial charge in [-0.3, -0.25) is 4.98 Å². The van der Waals surface area contributed by atoms with E-state index in [-0.39, 0.29) is 0 Å². The summed E-state index contributed by atoms with van der Waals surface area (Å²) in [6.45, 7) is 4.50. The Bertz CT molecular complexity index is 1240. The maximum atomic E-state index is 6.25. The first-order chi connectivity index (χ1) is 15.7. The van der Waals surface area contributed by atoms with Gasteiger partial charge < -0.3 is 15.0 Å². The second-order valence-electron chi connectivity index (χ2n) is 8.66. The molecule has 0 spiro atoms. The summed E-state index contributed by atoms with van der Waals surface area (Å²) in [7, 11) is 1.73. The van der Waals surface area contributed by atoms with Crippen molar-refractivity contribution in [2.45, 2.75) is 25.7 Å². The number of hydrogen-bond donors (Lipinski definition) is 2. The molecule has 2 unspecified atom stereocenters. The van der Waals surface area contributed by atoms with Crippen LogP contribution in [0.1, 0.15) is 31.4 Å². The number of nitrogens with zero attached hydrogens (tertiary/aromatic N) is 1. The number of ether oxygens (including phenoxy) is 1. The molecule has 1 saturated heterocycles. The molecule has 5 heteroatoms. The summed E-state index contributed by atoms with van der Waals surface area (Å²) in [5.41, 5.74) is 6.74. The van der Waals surface area contributed by atoms with Crippen LogP contribution in [0, 0.1) is 5.92 Å². The number of hydrogen-bond acceptors (Lipinski definition) is 3. The molecule has 2 aromatic heterocycles. The van der Waals surface area contributed by atoms with Crippen molar-refractivity contribution in [3.05, 3.63) is 71.6 Å². The summed E-state index contributed by atoms with van der Waals surface area (Å²) in [5, 5.41) is 5.47. The molecule has 4 aromatic rings. The van der Waals surface area contributed by atoms with Crippen LogP contribution in [0.25, 0.3) is 33.2 Å². The van der Waals surface area contributed by atoms with Gasteiger partial charge in [-0.1, -0.05) is 42.8 Å². The van der Waals surface area contributed by atoms with E-state index in [2.05, 4.69) is 46.5 Å². The quantitative estimate of drug-likeness (QED) is 0.361. The van der Waals surface area contributed by atoms with Crippen molar-refractivity contribution in [3.8, 4) is 28.0 Å². The predicted octanol–water partition coefficient (Wildman–Crippen LogP) is 6.66. The van der Waals surface area contributed by atoms with Crippen molar-refractivity contribution in [2.24, 2.45) is 5.92 Å². The van der Waals surface area contributed by atoms with E-state index in [1.165, 1.54) is 29.5 Å². The van der Waals surface area contributed by atoms with Gasteiger partial charge in [0.15, 0.2) is 0 Å². The first-order valence-electron chi connectivity index (χ1n) is 11.3. The van der Waals surface area contributed by atoms with Crippen molar-refractivity contribution in [3.63, 3.8) is 0 Å². The highest BCUT2D eigenvalue weighted by atomic mass is 35.5. The molecule has 2 N–H and O–H groups in total. The van der Waals surface area contributed by atoms with Gasteiger partial charge in [-0.25, -0.2) is 0 Å². The highest BCUT2D eigenvalue weighted by Gasteiger charge is 2.27. The molecule has 0 bridgehead atoms. The van der Waals surface area contributed by atoms with Crippen molar-refractivity contribution >= 4 is 22.5 Å². The Balaban J connectivity index is 1.68. The summed E-state index contributed by atoms with van der Waals surface area (Å²) in [6.07, 6.45) is 6.32. The molecule has 0 saturated carbocycles. The maximum absolute atomic E-state index is 6.25. The number of pyridine rings is 1. The fourth-order valence-corrected chi connectivity index (χ4v) is 5.17. The highest BCUT2D eigenvalue weighted by Crippen LogP contribution is 2.42. The number of para-hydroxylation sites is 1. The number of H-pyrrole nitrogens is 1. The van der Waals surface area contributed by atoms with E-state index in [0.717, 1.165) is 46.1 Å². The zero-order valence-corrected chi connectivity index (χ0v) is 19.2. The second kappa shape index (κ2) is 8.97. The number of rotatable bonds is 5. The number of nitrogens with one attached hydrogen (secondary N) is 2. The first-order valence-corrected chi connectivity index (χ1v) is 11.6. The molecule has 1 aliphatic heterocycles. The number of methoxy groups -OCH3 is 1. The van der Waals surface area contributed by atoms with Gasteiger partial charge in [0.2, 0.25) is 0 Å². The van der Waals surface area contributed by atoms with Crippen LogP contribution in [0.2, 0.25) is 5.02 Å². The van der Waals surface area contributed by atoms with E-state index in [4.69, 9.17) is 16.3 Å². The minimum absolute atomic E-state index is 0.379. The third-order valence-electron chi connectivity index (χ3n) is 6.73. The molecular weight excluding hydrogens is 418 g/mol. The lowest BCUT2D eigenvalue weighted by Gasteiger charge is -2.28. The van der Waals surface area contributed by atoms with Gasteiger partial charge >= 0.3 is 0 Å². The fourth-order valence-electron chi connectivity index (χ4n) is 4.98. The standard InChI is InChI=1S/C27H28ClN3O/c1-17(19-7-5-11-29-14-19)26-25(23-9-4-10-24(32-2)27(23)31-26)21-12-20(15-30-16-21)18-6-3-8-22(28)13-18/h3-4,6,8-10,12-13,15-17,19,29,31H,5,7,11,14H2,1-2H3. The predicted molar refractivity (Wildman–Crippen MR) is 133 cm³/mol. The fraction of sp³-hybridized carbons (Fsp3) is 0.296. The van der Waals surface area contributed by atoms with E-state index in [0.29, 0.717) is 11.8 Å². The van der Waals surface area contributed by atoms with Crippen LogP contribution >= 0.6 is 11.6 Å². The van der Waals surface area contributed by atoms with E-state index in [1.807, 2.05) is 36.7 Å². The Morgan fingerprint density at radius 3 is 2.69 bits per heavy atom.